The largest absolute Gasteiger partial charge is 0.465 e. The fraction of sp³-hybridized carbons (Fsp3) is 0.417. The van der Waals surface area contributed by atoms with Crippen molar-refractivity contribution in [3.63, 3.8) is 0 Å². The van der Waals surface area contributed by atoms with Crippen molar-refractivity contribution in [1.29, 1.82) is 0 Å². The molecule has 92 valence electrons. The highest BCUT2D eigenvalue weighted by Crippen LogP contribution is 2.36. The molecule has 1 aliphatic heterocycles. The first-order valence-corrected chi connectivity index (χ1v) is 5.54. The molecule has 0 unspecified atom stereocenters. The lowest BCUT2D eigenvalue weighted by atomic mass is 9.84. The molecule has 0 fully saturated rings. The Hall–Kier alpha value is -1.78. The summed E-state index contributed by atoms with van der Waals surface area (Å²) in [6.07, 6.45) is -1.09. The van der Waals surface area contributed by atoms with Gasteiger partial charge < -0.3 is 15.7 Å². The van der Waals surface area contributed by atoms with Gasteiger partial charge in [-0.3, -0.25) is 0 Å². The van der Waals surface area contributed by atoms with Gasteiger partial charge in [-0.05, 0) is 25.1 Å². The Kier molecular flexibility index (Phi) is 2.92. The maximum atomic E-state index is 13.2. The van der Waals surface area contributed by atoms with Crippen LogP contribution in [0.25, 0.3) is 0 Å². The van der Waals surface area contributed by atoms with Crippen molar-refractivity contribution in [2.45, 2.75) is 25.9 Å². The highest BCUT2D eigenvalue weighted by atomic mass is 19.1. The summed E-state index contributed by atoms with van der Waals surface area (Å²) >= 11 is 0. The lowest BCUT2D eigenvalue weighted by Crippen LogP contribution is -2.42. The summed E-state index contributed by atoms with van der Waals surface area (Å²) in [5.41, 5.74) is 1.45. The van der Waals surface area contributed by atoms with Crippen molar-refractivity contribution in [3.05, 3.63) is 29.6 Å². The Morgan fingerprint density at radius 1 is 1.47 bits per heavy atom. The Balaban J connectivity index is 2.42. The molecule has 0 saturated heterocycles. The van der Waals surface area contributed by atoms with Crippen molar-refractivity contribution >= 4 is 11.8 Å². The molecule has 0 aromatic heterocycles. The lowest BCUT2D eigenvalue weighted by molar-refractivity contribution is 0.183. The molecular formula is C12H15FN2O2. The van der Waals surface area contributed by atoms with Crippen LogP contribution in [0.5, 0.6) is 0 Å². The van der Waals surface area contributed by atoms with Gasteiger partial charge in [-0.15, -0.1) is 0 Å². The number of nitrogens with one attached hydrogen (secondary N) is 2. The number of rotatable bonds is 1. The molecule has 1 aromatic rings. The van der Waals surface area contributed by atoms with E-state index in [-0.39, 0.29) is 23.8 Å². The first-order chi connectivity index (χ1) is 7.99. The molecule has 3 N–H and O–H groups in total. The zero-order valence-electron chi connectivity index (χ0n) is 9.70. The number of carbonyl (C=O) groups is 1. The second kappa shape index (κ2) is 4.24. The maximum Gasteiger partial charge on any atom is 0.405 e. The number of amides is 1. The van der Waals surface area contributed by atoms with Crippen LogP contribution in [0, 0.1) is 11.7 Å². The Morgan fingerprint density at radius 2 is 2.18 bits per heavy atom. The van der Waals surface area contributed by atoms with Crippen LogP contribution >= 0.6 is 0 Å². The Labute approximate surface area is 98.8 Å². The number of anilines is 1. The summed E-state index contributed by atoms with van der Waals surface area (Å²) in [6, 6.07) is 4.14. The average Bonchev–Trinajstić information content (AvgIpc) is 2.25. The van der Waals surface area contributed by atoms with E-state index in [9.17, 15) is 9.18 Å². The predicted molar refractivity (Wildman–Crippen MR) is 62.6 cm³/mol. The van der Waals surface area contributed by atoms with Crippen LogP contribution in [0.15, 0.2) is 18.2 Å². The van der Waals surface area contributed by atoms with Crippen molar-refractivity contribution < 1.29 is 14.3 Å². The summed E-state index contributed by atoms with van der Waals surface area (Å²) in [6.45, 7) is 3.92. The SMILES string of the molecule is C[C@H]1[C@H](C)Nc2ccc(F)cc2[C@@H]1NC(=O)O. The zero-order chi connectivity index (χ0) is 12.6. The van der Waals surface area contributed by atoms with Gasteiger partial charge in [0.2, 0.25) is 0 Å². The van der Waals surface area contributed by atoms with Crippen LogP contribution in [0.2, 0.25) is 0 Å². The van der Waals surface area contributed by atoms with Crippen LogP contribution in [-0.4, -0.2) is 17.2 Å². The molecule has 3 atom stereocenters. The lowest BCUT2D eigenvalue weighted by Gasteiger charge is -2.37. The maximum absolute atomic E-state index is 13.2. The van der Waals surface area contributed by atoms with Crippen LogP contribution in [0.1, 0.15) is 25.5 Å². The van der Waals surface area contributed by atoms with Gasteiger partial charge in [0.15, 0.2) is 0 Å². The normalized spacial score (nSPS) is 26.9. The number of hydrogen-bond donors (Lipinski definition) is 3. The molecule has 0 aliphatic carbocycles. The summed E-state index contributed by atoms with van der Waals surface area (Å²) in [5.74, 6) is -0.301. The average molecular weight is 238 g/mol. The van der Waals surface area contributed by atoms with Gasteiger partial charge in [0.1, 0.15) is 5.82 Å². The number of hydrogen-bond acceptors (Lipinski definition) is 2. The Morgan fingerprint density at radius 3 is 2.82 bits per heavy atom. The molecule has 0 saturated carbocycles. The van der Waals surface area contributed by atoms with Gasteiger partial charge in [0.05, 0.1) is 6.04 Å². The molecule has 2 rings (SSSR count). The smallest absolute Gasteiger partial charge is 0.405 e. The first-order valence-electron chi connectivity index (χ1n) is 5.54. The van der Waals surface area contributed by atoms with E-state index < -0.39 is 6.09 Å². The van der Waals surface area contributed by atoms with E-state index in [0.29, 0.717) is 5.56 Å². The third-order valence-electron chi connectivity index (χ3n) is 3.33. The van der Waals surface area contributed by atoms with Crippen molar-refractivity contribution in [3.8, 4) is 0 Å². The molecule has 0 radical (unpaired) electrons. The van der Waals surface area contributed by atoms with Gasteiger partial charge in [0, 0.05) is 23.2 Å². The fourth-order valence-electron chi connectivity index (χ4n) is 2.21. The molecular weight excluding hydrogens is 223 g/mol. The molecule has 1 amide bonds. The fourth-order valence-corrected chi connectivity index (χ4v) is 2.21. The van der Waals surface area contributed by atoms with E-state index in [1.54, 1.807) is 6.07 Å². The second-order valence-corrected chi connectivity index (χ2v) is 4.45. The highest BCUT2D eigenvalue weighted by molar-refractivity contribution is 5.67. The van der Waals surface area contributed by atoms with E-state index in [0.717, 1.165) is 5.69 Å². The van der Waals surface area contributed by atoms with Gasteiger partial charge in [-0.2, -0.15) is 0 Å². The monoisotopic (exact) mass is 238 g/mol. The quantitative estimate of drug-likeness (QED) is 0.704. The van der Waals surface area contributed by atoms with Crippen LogP contribution in [0.3, 0.4) is 0 Å². The molecule has 0 bridgehead atoms. The third-order valence-corrected chi connectivity index (χ3v) is 3.33. The Bertz CT molecular complexity index is 450. The van der Waals surface area contributed by atoms with Gasteiger partial charge in [-0.1, -0.05) is 6.92 Å². The van der Waals surface area contributed by atoms with Crippen LogP contribution in [0.4, 0.5) is 14.9 Å². The summed E-state index contributed by atoms with van der Waals surface area (Å²) in [7, 11) is 0. The van der Waals surface area contributed by atoms with Crippen LogP contribution in [-0.2, 0) is 0 Å². The van der Waals surface area contributed by atoms with Crippen LogP contribution < -0.4 is 10.6 Å². The number of halogens is 1. The number of fused-ring (bicyclic) bond motifs is 1. The van der Waals surface area contributed by atoms with Crippen molar-refractivity contribution in [1.82, 2.24) is 5.32 Å². The van der Waals surface area contributed by atoms with Crippen molar-refractivity contribution in [2.75, 3.05) is 5.32 Å². The van der Waals surface area contributed by atoms with E-state index >= 15 is 0 Å². The third kappa shape index (κ3) is 2.18. The summed E-state index contributed by atoms with van der Waals surface area (Å²) in [5, 5.41) is 14.5. The van der Waals surface area contributed by atoms with E-state index in [4.69, 9.17) is 5.11 Å². The number of benzene rings is 1. The van der Waals surface area contributed by atoms with E-state index in [1.807, 2.05) is 13.8 Å². The summed E-state index contributed by atoms with van der Waals surface area (Å²) < 4.78 is 13.2. The molecule has 1 heterocycles. The van der Waals surface area contributed by atoms with E-state index in [2.05, 4.69) is 10.6 Å². The van der Waals surface area contributed by atoms with Crippen molar-refractivity contribution in [2.24, 2.45) is 5.92 Å². The van der Waals surface area contributed by atoms with Gasteiger partial charge >= 0.3 is 6.09 Å². The topological polar surface area (TPSA) is 61.4 Å². The van der Waals surface area contributed by atoms with Gasteiger partial charge in [-0.25, -0.2) is 9.18 Å². The van der Waals surface area contributed by atoms with E-state index in [1.165, 1.54) is 12.1 Å². The molecule has 1 aromatic carbocycles. The highest BCUT2D eigenvalue weighted by Gasteiger charge is 2.32. The molecule has 0 spiro atoms. The molecule has 1 aliphatic rings. The standard InChI is InChI=1S/C12H15FN2O2/c1-6-7(2)14-10-4-3-8(13)5-9(10)11(6)15-12(16)17/h3-7,11,14-15H,1-2H3,(H,16,17)/t6-,7-,11+/m0/s1. The minimum atomic E-state index is -1.09. The molecule has 17 heavy (non-hydrogen) atoms. The zero-order valence-corrected chi connectivity index (χ0v) is 9.70. The minimum absolute atomic E-state index is 0.0559. The summed E-state index contributed by atoms with van der Waals surface area (Å²) in [4.78, 5) is 10.8. The minimum Gasteiger partial charge on any atom is -0.465 e. The first kappa shape index (κ1) is 11.7. The second-order valence-electron chi connectivity index (χ2n) is 4.45. The molecule has 4 nitrogen and oxygen atoms in total. The molecule has 5 heteroatoms. The number of carboxylic acid groups (broad SMARTS) is 1. The van der Waals surface area contributed by atoms with Gasteiger partial charge in [0.25, 0.3) is 0 Å². The predicted octanol–water partition coefficient (Wildman–Crippen LogP) is 2.58.